The van der Waals surface area contributed by atoms with E-state index in [2.05, 4.69) is 18.3 Å². The number of fused-ring (bicyclic) bond motifs is 1. The minimum atomic E-state index is 0.0289. The van der Waals surface area contributed by atoms with Crippen LogP contribution in [0.15, 0.2) is 18.2 Å². The van der Waals surface area contributed by atoms with Gasteiger partial charge < -0.3 is 19.7 Å². The molecule has 0 spiro atoms. The topological polar surface area (TPSA) is 50.8 Å². The van der Waals surface area contributed by atoms with Gasteiger partial charge in [0.2, 0.25) is 0 Å². The summed E-state index contributed by atoms with van der Waals surface area (Å²) in [6.07, 6.45) is 4.82. The highest BCUT2D eigenvalue weighted by molar-refractivity contribution is 5.75. The van der Waals surface area contributed by atoms with Crippen molar-refractivity contribution in [2.75, 3.05) is 20.3 Å². The van der Waals surface area contributed by atoms with Crippen LogP contribution in [0, 0.1) is 11.8 Å². The summed E-state index contributed by atoms with van der Waals surface area (Å²) in [5.74, 6) is 2.79. The molecule has 2 saturated carbocycles. The van der Waals surface area contributed by atoms with Gasteiger partial charge in [-0.05, 0) is 62.1 Å². The highest BCUT2D eigenvalue weighted by atomic mass is 16.6. The van der Waals surface area contributed by atoms with Crippen molar-refractivity contribution in [1.29, 1.82) is 0 Å². The minimum absolute atomic E-state index is 0.0289. The Morgan fingerprint density at radius 1 is 1.12 bits per heavy atom. The lowest BCUT2D eigenvalue weighted by molar-refractivity contribution is 0.171. The molecule has 1 N–H and O–H groups in total. The maximum Gasteiger partial charge on any atom is 0.317 e. The van der Waals surface area contributed by atoms with Crippen LogP contribution in [0.3, 0.4) is 0 Å². The SMILES string of the molecule is CC(C1CC1)N(C)C(=O)NC(c1ccc2c(c1)OCCO2)C1CC1. The van der Waals surface area contributed by atoms with E-state index in [1.807, 2.05) is 24.1 Å². The van der Waals surface area contributed by atoms with Crippen LogP contribution in [0.1, 0.15) is 44.2 Å². The molecule has 0 saturated heterocycles. The van der Waals surface area contributed by atoms with E-state index in [4.69, 9.17) is 9.47 Å². The van der Waals surface area contributed by atoms with Crippen LogP contribution in [0.5, 0.6) is 11.5 Å². The van der Waals surface area contributed by atoms with Gasteiger partial charge in [-0.25, -0.2) is 4.79 Å². The van der Waals surface area contributed by atoms with E-state index in [1.165, 1.54) is 25.7 Å². The Labute approximate surface area is 143 Å². The summed E-state index contributed by atoms with van der Waals surface area (Å²) in [6, 6.07) is 6.44. The first-order chi connectivity index (χ1) is 11.6. The molecular formula is C19H26N2O3. The minimum Gasteiger partial charge on any atom is -0.486 e. The van der Waals surface area contributed by atoms with Crippen molar-refractivity contribution in [3.05, 3.63) is 23.8 Å². The molecule has 3 aliphatic rings. The van der Waals surface area contributed by atoms with E-state index in [-0.39, 0.29) is 12.1 Å². The molecule has 5 nitrogen and oxygen atoms in total. The molecule has 4 rings (SSSR count). The van der Waals surface area contributed by atoms with E-state index < -0.39 is 0 Å². The predicted octanol–water partition coefficient (Wildman–Crippen LogP) is 3.35. The molecule has 2 aliphatic carbocycles. The summed E-state index contributed by atoms with van der Waals surface area (Å²) >= 11 is 0. The summed E-state index contributed by atoms with van der Waals surface area (Å²) in [7, 11) is 1.91. The molecule has 1 aromatic carbocycles. The zero-order valence-electron chi connectivity index (χ0n) is 14.5. The van der Waals surface area contributed by atoms with Crippen LogP contribution in [0.2, 0.25) is 0 Å². The molecule has 1 aromatic rings. The number of carbonyl (C=O) groups is 1. The first kappa shape index (κ1) is 15.6. The number of carbonyl (C=O) groups excluding carboxylic acids is 1. The van der Waals surface area contributed by atoms with Crippen LogP contribution in [0.4, 0.5) is 4.79 Å². The second-order valence-corrected chi connectivity index (χ2v) is 7.36. The number of hydrogen-bond donors (Lipinski definition) is 1. The fourth-order valence-electron chi connectivity index (χ4n) is 3.47. The molecule has 2 amide bonds. The fraction of sp³-hybridized carbons (Fsp3) is 0.632. The van der Waals surface area contributed by atoms with Gasteiger partial charge in [0.15, 0.2) is 11.5 Å². The van der Waals surface area contributed by atoms with Gasteiger partial charge in [-0.15, -0.1) is 0 Å². The number of hydrogen-bond acceptors (Lipinski definition) is 3. The number of rotatable bonds is 5. The molecule has 1 aliphatic heterocycles. The van der Waals surface area contributed by atoms with E-state index in [1.54, 1.807) is 0 Å². The Morgan fingerprint density at radius 2 is 1.79 bits per heavy atom. The molecule has 0 aromatic heterocycles. The van der Waals surface area contributed by atoms with Gasteiger partial charge >= 0.3 is 6.03 Å². The number of nitrogens with zero attached hydrogens (tertiary/aromatic N) is 1. The lowest BCUT2D eigenvalue weighted by Crippen LogP contribution is -2.45. The van der Waals surface area contributed by atoms with Crippen LogP contribution in [-0.4, -0.2) is 37.2 Å². The maximum absolute atomic E-state index is 12.7. The van der Waals surface area contributed by atoms with E-state index in [0.29, 0.717) is 31.1 Å². The molecule has 0 bridgehead atoms. The van der Waals surface area contributed by atoms with Crippen LogP contribution in [-0.2, 0) is 0 Å². The Balaban J connectivity index is 1.49. The van der Waals surface area contributed by atoms with Crippen LogP contribution < -0.4 is 14.8 Å². The summed E-state index contributed by atoms with van der Waals surface area (Å²) in [5.41, 5.74) is 1.11. The molecule has 24 heavy (non-hydrogen) atoms. The molecule has 1 heterocycles. The standard InChI is InChI=1S/C19H26N2O3/c1-12(13-3-4-13)21(2)19(22)20-18(14-5-6-14)15-7-8-16-17(11-15)24-10-9-23-16/h7-8,11-14,18H,3-6,9-10H2,1-2H3,(H,20,22). The lowest BCUT2D eigenvalue weighted by atomic mass is 10.0. The maximum atomic E-state index is 12.7. The molecule has 0 radical (unpaired) electrons. The van der Waals surface area contributed by atoms with Gasteiger partial charge in [0, 0.05) is 13.1 Å². The predicted molar refractivity (Wildman–Crippen MR) is 91.4 cm³/mol. The summed E-state index contributed by atoms with van der Waals surface area (Å²) in [5, 5.41) is 3.26. The van der Waals surface area contributed by atoms with Gasteiger partial charge in [0.1, 0.15) is 13.2 Å². The van der Waals surface area contributed by atoms with Gasteiger partial charge in [-0.2, -0.15) is 0 Å². The van der Waals surface area contributed by atoms with E-state index in [0.717, 1.165) is 17.1 Å². The smallest absolute Gasteiger partial charge is 0.317 e. The van der Waals surface area contributed by atoms with Gasteiger partial charge in [0.05, 0.1) is 6.04 Å². The van der Waals surface area contributed by atoms with Crippen molar-refractivity contribution in [2.24, 2.45) is 11.8 Å². The highest BCUT2D eigenvalue weighted by Gasteiger charge is 2.37. The summed E-state index contributed by atoms with van der Waals surface area (Å²) < 4.78 is 11.3. The van der Waals surface area contributed by atoms with E-state index >= 15 is 0 Å². The average molecular weight is 330 g/mol. The molecule has 2 atom stereocenters. The first-order valence-corrected chi connectivity index (χ1v) is 9.06. The van der Waals surface area contributed by atoms with Crippen molar-refractivity contribution >= 4 is 6.03 Å². The Hall–Kier alpha value is -1.91. The molecule has 130 valence electrons. The largest absolute Gasteiger partial charge is 0.486 e. The highest BCUT2D eigenvalue weighted by Crippen LogP contribution is 2.43. The van der Waals surface area contributed by atoms with Crippen molar-refractivity contribution in [2.45, 2.75) is 44.7 Å². The fourth-order valence-corrected chi connectivity index (χ4v) is 3.47. The molecule has 2 fully saturated rings. The zero-order valence-corrected chi connectivity index (χ0v) is 14.5. The van der Waals surface area contributed by atoms with Gasteiger partial charge in [-0.1, -0.05) is 6.07 Å². The third-order valence-corrected chi connectivity index (χ3v) is 5.53. The monoisotopic (exact) mass is 330 g/mol. The van der Waals surface area contributed by atoms with E-state index in [9.17, 15) is 4.79 Å². The number of ether oxygens (including phenoxy) is 2. The van der Waals surface area contributed by atoms with Gasteiger partial charge in [-0.3, -0.25) is 0 Å². The quantitative estimate of drug-likeness (QED) is 0.901. The van der Waals surface area contributed by atoms with Crippen molar-refractivity contribution in [1.82, 2.24) is 10.2 Å². The van der Waals surface area contributed by atoms with Gasteiger partial charge in [0.25, 0.3) is 0 Å². The van der Waals surface area contributed by atoms with Crippen molar-refractivity contribution < 1.29 is 14.3 Å². The number of amides is 2. The summed E-state index contributed by atoms with van der Waals surface area (Å²) in [6.45, 7) is 3.32. The Bertz CT molecular complexity index is 625. The first-order valence-electron chi connectivity index (χ1n) is 9.06. The number of urea groups is 1. The van der Waals surface area contributed by atoms with Crippen LogP contribution in [0.25, 0.3) is 0 Å². The third-order valence-electron chi connectivity index (χ3n) is 5.53. The van der Waals surface area contributed by atoms with Crippen molar-refractivity contribution in [3.8, 4) is 11.5 Å². The molecular weight excluding hydrogens is 304 g/mol. The summed E-state index contributed by atoms with van der Waals surface area (Å²) in [4.78, 5) is 14.5. The Morgan fingerprint density at radius 3 is 2.46 bits per heavy atom. The Kier molecular flexibility index (Phi) is 4.02. The van der Waals surface area contributed by atoms with Crippen molar-refractivity contribution in [3.63, 3.8) is 0 Å². The molecule has 5 heteroatoms. The third kappa shape index (κ3) is 3.17. The number of nitrogens with one attached hydrogen (secondary N) is 1. The molecule has 2 unspecified atom stereocenters. The average Bonchev–Trinajstić information content (AvgIpc) is 3.49. The second-order valence-electron chi connectivity index (χ2n) is 7.36. The zero-order chi connectivity index (χ0) is 16.7. The van der Waals surface area contributed by atoms with Crippen LogP contribution >= 0.6 is 0 Å². The second kappa shape index (κ2) is 6.19. The number of benzene rings is 1. The lowest BCUT2D eigenvalue weighted by Gasteiger charge is -2.29. The normalized spacial score (nSPS) is 21.8.